The summed E-state index contributed by atoms with van der Waals surface area (Å²) >= 11 is 0. The van der Waals surface area contributed by atoms with Crippen LogP contribution >= 0.6 is 0 Å². The number of aryl methyl sites for hydroxylation is 4. The van der Waals surface area contributed by atoms with E-state index in [0.717, 1.165) is 33.1 Å². The van der Waals surface area contributed by atoms with Crippen molar-refractivity contribution in [3.63, 3.8) is 0 Å². The molecule has 5 rings (SSSR count). The van der Waals surface area contributed by atoms with Gasteiger partial charge in [0.2, 0.25) is 0 Å². The van der Waals surface area contributed by atoms with E-state index in [1.807, 2.05) is 12.1 Å². The molecule has 142 valence electrons. The molecular formula is C24H21N5. The van der Waals surface area contributed by atoms with Crippen molar-refractivity contribution in [2.24, 2.45) is 0 Å². The molecule has 0 atom stereocenters. The standard InChI is InChI=1S/C24H21N5/c1-14-9-10-18(11-15(14)2)23-19-7-5-6-8-20(19)24(27-26-23)29-22-13-17(4)16(3)12-21(22)25-28-29/h5-13H,1-4H3. The highest BCUT2D eigenvalue weighted by molar-refractivity contribution is 5.98. The molecule has 0 fully saturated rings. The highest BCUT2D eigenvalue weighted by Gasteiger charge is 2.16. The molecule has 0 saturated heterocycles. The number of nitrogens with zero attached hydrogens (tertiary/aromatic N) is 5. The van der Waals surface area contributed by atoms with E-state index in [0.29, 0.717) is 5.82 Å². The summed E-state index contributed by atoms with van der Waals surface area (Å²) in [5, 5.41) is 20.0. The van der Waals surface area contributed by atoms with Gasteiger partial charge in [-0.2, -0.15) is 4.68 Å². The minimum Gasteiger partial charge on any atom is -0.192 e. The second-order valence-corrected chi connectivity index (χ2v) is 7.64. The predicted molar refractivity (Wildman–Crippen MR) is 116 cm³/mol. The van der Waals surface area contributed by atoms with E-state index in [2.05, 4.69) is 90.7 Å². The van der Waals surface area contributed by atoms with Gasteiger partial charge in [-0.1, -0.05) is 41.6 Å². The van der Waals surface area contributed by atoms with Gasteiger partial charge in [-0.05, 0) is 68.1 Å². The Morgan fingerprint density at radius 3 is 2.17 bits per heavy atom. The Morgan fingerprint density at radius 1 is 0.655 bits per heavy atom. The molecule has 0 aliphatic rings. The average Bonchev–Trinajstić information content (AvgIpc) is 3.12. The summed E-state index contributed by atoms with van der Waals surface area (Å²) in [7, 11) is 0. The molecule has 5 nitrogen and oxygen atoms in total. The number of fused-ring (bicyclic) bond motifs is 2. The van der Waals surface area contributed by atoms with Crippen LogP contribution in [0.4, 0.5) is 0 Å². The highest BCUT2D eigenvalue weighted by atomic mass is 15.5. The monoisotopic (exact) mass is 379 g/mol. The molecule has 0 amide bonds. The molecule has 0 radical (unpaired) electrons. The lowest BCUT2D eigenvalue weighted by molar-refractivity contribution is 0.790. The first-order chi connectivity index (χ1) is 14.0. The number of aromatic nitrogens is 5. The van der Waals surface area contributed by atoms with Gasteiger partial charge in [0.1, 0.15) is 11.2 Å². The summed E-state index contributed by atoms with van der Waals surface area (Å²) in [5.41, 5.74) is 8.65. The maximum absolute atomic E-state index is 4.61. The zero-order valence-electron chi connectivity index (χ0n) is 16.9. The SMILES string of the molecule is Cc1ccc(-c2nnc(-n3nnc4cc(C)c(C)cc43)c3ccccc23)cc1C. The Bertz CT molecular complexity index is 1400. The van der Waals surface area contributed by atoms with Crippen LogP contribution in [0.1, 0.15) is 22.3 Å². The molecule has 0 bridgehead atoms. The van der Waals surface area contributed by atoms with Crippen molar-refractivity contribution in [1.29, 1.82) is 0 Å². The van der Waals surface area contributed by atoms with E-state index in [9.17, 15) is 0 Å². The smallest absolute Gasteiger partial charge is 0.185 e. The van der Waals surface area contributed by atoms with Crippen LogP contribution in [0.2, 0.25) is 0 Å². The van der Waals surface area contributed by atoms with Crippen LogP contribution in [0.25, 0.3) is 38.9 Å². The molecule has 29 heavy (non-hydrogen) atoms. The number of hydrogen-bond donors (Lipinski definition) is 0. The zero-order valence-corrected chi connectivity index (χ0v) is 16.9. The Kier molecular flexibility index (Phi) is 3.91. The molecule has 0 spiro atoms. The summed E-state index contributed by atoms with van der Waals surface area (Å²) in [5.74, 6) is 0.693. The van der Waals surface area contributed by atoms with Crippen LogP contribution in [0, 0.1) is 27.7 Å². The van der Waals surface area contributed by atoms with Crippen molar-refractivity contribution < 1.29 is 0 Å². The summed E-state index contributed by atoms with van der Waals surface area (Å²) in [6.45, 7) is 8.42. The van der Waals surface area contributed by atoms with Crippen LogP contribution < -0.4 is 0 Å². The molecule has 5 aromatic rings. The first-order valence-electron chi connectivity index (χ1n) is 9.69. The third-order valence-electron chi connectivity index (χ3n) is 5.71. The molecule has 2 aromatic heterocycles. The van der Waals surface area contributed by atoms with Gasteiger partial charge < -0.3 is 0 Å². The molecule has 3 aromatic carbocycles. The minimum atomic E-state index is 0.693. The van der Waals surface area contributed by atoms with E-state index in [4.69, 9.17) is 0 Å². The molecule has 0 aliphatic carbocycles. The normalized spacial score (nSPS) is 11.4. The van der Waals surface area contributed by atoms with Crippen molar-refractivity contribution in [3.05, 3.63) is 76.9 Å². The lowest BCUT2D eigenvalue weighted by Crippen LogP contribution is -2.04. The third-order valence-corrected chi connectivity index (χ3v) is 5.71. The number of rotatable bonds is 2. The van der Waals surface area contributed by atoms with E-state index < -0.39 is 0 Å². The molecule has 5 heteroatoms. The van der Waals surface area contributed by atoms with Gasteiger partial charge in [0.05, 0.1) is 5.52 Å². The molecule has 0 aliphatic heterocycles. The Labute approximate surface area is 169 Å². The van der Waals surface area contributed by atoms with Gasteiger partial charge in [-0.25, -0.2) is 0 Å². The van der Waals surface area contributed by atoms with Gasteiger partial charge in [0.15, 0.2) is 5.82 Å². The van der Waals surface area contributed by atoms with Crippen molar-refractivity contribution in [2.75, 3.05) is 0 Å². The molecular weight excluding hydrogens is 358 g/mol. The average molecular weight is 379 g/mol. The van der Waals surface area contributed by atoms with Crippen LogP contribution in [-0.4, -0.2) is 25.2 Å². The highest BCUT2D eigenvalue weighted by Crippen LogP contribution is 2.31. The van der Waals surface area contributed by atoms with Gasteiger partial charge in [-0.3, -0.25) is 0 Å². The maximum Gasteiger partial charge on any atom is 0.185 e. The quantitative estimate of drug-likeness (QED) is 0.419. The molecule has 0 saturated carbocycles. The number of benzene rings is 3. The second-order valence-electron chi connectivity index (χ2n) is 7.64. The Balaban J connectivity index is 1.77. The van der Waals surface area contributed by atoms with Crippen molar-refractivity contribution in [2.45, 2.75) is 27.7 Å². The topological polar surface area (TPSA) is 56.5 Å². The zero-order chi connectivity index (χ0) is 20.1. The first kappa shape index (κ1) is 17.5. The van der Waals surface area contributed by atoms with Crippen LogP contribution in [0.15, 0.2) is 54.6 Å². The lowest BCUT2D eigenvalue weighted by atomic mass is 10.0. The fraction of sp³-hybridized carbons (Fsp3) is 0.167. The molecule has 0 N–H and O–H groups in total. The van der Waals surface area contributed by atoms with Crippen molar-refractivity contribution in [3.8, 4) is 17.1 Å². The summed E-state index contributed by atoms with van der Waals surface area (Å²) in [4.78, 5) is 0. The van der Waals surface area contributed by atoms with Crippen LogP contribution in [0.5, 0.6) is 0 Å². The molecule has 2 heterocycles. The van der Waals surface area contributed by atoms with E-state index in [-0.39, 0.29) is 0 Å². The van der Waals surface area contributed by atoms with E-state index >= 15 is 0 Å². The number of hydrogen-bond acceptors (Lipinski definition) is 4. The maximum atomic E-state index is 4.61. The van der Waals surface area contributed by atoms with Gasteiger partial charge in [0, 0.05) is 16.3 Å². The van der Waals surface area contributed by atoms with Crippen LogP contribution in [0.3, 0.4) is 0 Å². The Morgan fingerprint density at radius 2 is 1.38 bits per heavy atom. The lowest BCUT2D eigenvalue weighted by Gasteiger charge is -2.11. The summed E-state index contributed by atoms with van der Waals surface area (Å²) in [6, 6.07) is 18.8. The predicted octanol–water partition coefficient (Wildman–Crippen LogP) is 5.26. The van der Waals surface area contributed by atoms with Gasteiger partial charge in [0.25, 0.3) is 0 Å². The Hall–Kier alpha value is -3.60. The third kappa shape index (κ3) is 2.78. The van der Waals surface area contributed by atoms with Gasteiger partial charge in [-0.15, -0.1) is 15.3 Å². The van der Waals surface area contributed by atoms with Crippen molar-refractivity contribution >= 4 is 21.8 Å². The fourth-order valence-electron chi connectivity index (χ4n) is 3.68. The van der Waals surface area contributed by atoms with E-state index in [1.165, 1.54) is 22.3 Å². The van der Waals surface area contributed by atoms with Crippen LogP contribution in [-0.2, 0) is 0 Å². The molecule has 0 unspecified atom stereocenters. The first-order valence-corrected chi connectivity index (χ1v) is 9.69. The van der Waals surface area contributed by atoms with Gasteiger partial charge >= 0.3 is 0 Å². The second kappa shape index (κ2) is 6.48. The fourth-order valence-corrected chi connectivity index (χ4v) is 3.68. The van der Waals surface area contributed by atoms with Crippen molar-refractivity contribution in [1.82, 2.24) is 25.2 Å². The summed E-state index contributed by atoms with van der Waals surface area (Å²) < 4.78 is 1.79. The summed E-state index contributed by atoms with van der Waals surface area (Å²) in [6.07, 6.45) is 0. The minimum absolute atomic E-state index is 0.693. The van der Waals surface area contributed by atoms with E-state index in [1.54, 1.807) is 4.68 Å². The largest absolute Gasteiger partial charge is 0.192 e.